The minimum atomic E-state index is 0.00217. The fourth-order valence-electron chi connectivity index (χ4n) is 2.67. The molecule has 3 N–H and O–H groups in total. The molecule has 4 nitrogen and oxygen atoms in total. The number of nitrogens with one attached hydrogen (secondary N) is 1. The number of rotatable bonds is 3. The molecule has 1 aliphatic rings. The molecule has 0 bridgehead atoms. The Morgan fingerprint density at radius 3 is 2.82 bits per heavy atom. The van der Waals surface area contributed by atoms with Crippen molar-refractivity contribution in [1.29, 1.82) is 0 Å². The van der Waals surface area contributed by atoms with Crippen LogP contribution in [0.3, 0.4) is 0 Å². The first-order valence-electron chi connectivity index (χ1n) is 6.45. The van der Waals surface area contributed by atoms with Crippen molar-refractivity contribution in [3.8, 4) is 0 Å². The molecule has 0 aromatic carbocycles. The minimum absolute atomic E-state index is 0.00217. The van der Waals surface area contributed by atoms with Crippen LogP contribution in [0.15, 0.2) is 12.1 Å². The first-order chi connectivity index (χ1) is 8.16. The van der Waals surface area contributed by atoms with E-state index in [-0.39, 0.29) is 5.54 Å². The minimum Gasteiger partial charge on any atom is -0.362 e. The molecular formula is C13H22N4. The summed E-state index contributed by atoms with van der Waals surface area (Å²) < 4.78 is 0. The summed E-state index contributed by atoms with van der Waals surface area (Å²) in [6.45, 7) is 4.88. The first kappa shape index (κ1) is 12.3. The van der Waals surface area contributed by atoms with E-state index < -0.39 is 0 Å². The largest absolute Gasteiger partial charge is 0.362 e. The van der Waals surface area contributed by atoms with Gasteiger partial charge in [0.1, 0.15) is 5.82 Å². The lowest BCUT2D eigenvalue weighted by Crippen LogP contribution is -2.52. The van der Waals surface area contributed by atoms with Crippen molar-refractivity contribution in [3.05, 3.63) is 17.8 Å². The van der Waals surface area contributed by atoms with E-state index in [1.54, 1.807) is 0 Å². The first-order valence-corrected chi connectivity index (χ1v) is 6.45. The van der Waals surface area contributed by atoms with Crippen molar-refractivity contribution in [2.75, 3.05) is 11.9 Å². The van der Waals surface area contributed by atoms with Crippen molar-refractivity contribution >= 4 is 5.82 Å². The van der Waals surface area contributed by atoms with E-state index in [1.807, 2.05) is 19.1 Å². The third-order valence-electron chi connectivity index (χ3n) is 3.99. The van der Waals surface area contributed by atoms with E-state index in [9.17, 15) is 0 Å². The summed E-state index contributed by atoms with van der Waals surface area (Å²) in [5.41, 5.74) is 6.94. The fourth-order valence-corrected chi connectivity index (χ4v) is 2.67. The predicted octanol–water partition coefficient (Wildman–Crippen LogP) is 2.10. The highest BCUT2D eigenvalue weighted by molar-refractivity contribution is 5.37. The number of hydrogen-bond donors (Lipinski definition) is 2. The second-order valence-corrected chi connectivity index (χ2v) is 5.19. The highest BCUT2D eigenvalue weighted by Gasteiger charge is 2.37. The molecule has 0 radical (unpaired) electrons. The maximum Gasteiger partial charge on any atom is 0.149 e. The number of aryl methyl sites for hydroxylation is 1. The average molecular weight is 234 g/mol. The van der Waals surface area contributed by atoms with Crippen molar-refractivity contribution in [1.82, 2.24) is 10.2 Å². The normalized spacial score (nSPS) is 29.0. The summed E-state index contributed by atoms with van der Waals surface area (Å²) in [7, 11) is 0. The molecule has 1 saturated carbocycles. The molecule has 94 valence electrons. The van der Waals surface area contributed by atoms with Gasteiger partial charge in [-0.25, -0.2) is 0 Å². The number of anilines is 1. The van der Waals surface area contributed by atoms with Gasteiger partial charge in [-0.2, -0.15) is 5.10 Å². The van der Waals surface area contributed by atoms with Crippen LogP contribution >= 0.6 is 0 Å². The van der Waals surface area contributed by atoms with Crippen molar-refractivity contribution in [2.45, 2.75) is 45.1 Å². The molecule has 2 atom stereocenters. The van der Waals surface area contributed by atoms with Crippen LogP contribution in [0.2, 0.25) is 0 Å². The number of nitrogens with zero attached hydrogens (tertiary/aromatic N) is 2. The van der Waals surface area contributed by atoms with Gasteiger partial charge in [-0.15, -0.1) is 5.10 Å². The van der Waals surface area contributed by atoms with Gasteiger partial charge in [-0.05, 0) is 37.8 Å². The monoisotopic (exact) mass is 234 g/mol. The van der Waals surface area contributed by atoms with E-state index in [0.717, 1.165) is 17.9 Å². The van der Waals surface area contributed by atoms with Crippen molar-refractivity contribution < 1.29 is 0 Å². The van der Waals surface area contributed by atoms with Crippen molar-refractivity contribution in [2.24, 2.45) is 11.7 Å². The van der Waals surface area contributed by atoms with Gasteiger partial charge in [0.05, 0.1) is 11.2 Å². The molecule has 0 amide bonds. The molecule has 1 heterocycles. The lowest BCUT2D eigenvalue weighted by molar-refractivity contribution is 0.235. The SMILES string of the molecule is Cc1ccc(NC2(CN)CCCCC2C)nn1. The zero-order valence-electron chi connectivity index (χ0n) is 10.7. The lowest BCUT2D eigenvalue weighted by Gasteiger charge is -2.42. The third-order valence-corrected chi connectivity index (χ3v) is 3.99. The van der Waals surface area contributed by atoms with E-state index in [1.165, 1.54) is 19.3 Å². The molecule has 0 aliphatic heterocycles. The molecule has 0 spiro atoms. The zero-order valence-corrected chi connectivity index (χ0v) is 10.7. The van der Waals surface area contributed by atoms with Gasteiger partial charge in [0.25, 0.3) is 0 Å². The Kier molecular flexibility index (Phi) is 3.62. The topological polar surface area (TPSA) is 63.8 Å². The van der Waals surface area contributed by atoms with Crippen LogP contribution in [-0.4, -0.2) is 22.3 Å². The molecule has 1 fully saturated rings. The summed E-state index contributed by atoms with van der Waals surface area (Å²) >= 11 is 0. The van der Waals surface area contributed by atoms with Gasteiger partial charge in [0.15, 0.2) is 0 Å². The van der Waals surface area contributed by atoms with Gasteiger partial charge >= 0.3 is 0 Å². The Balaban J connectivity index is 2.15. The molecule has 1 aliphatic carbocycles. The van der Waals surface area contributed by atoms with Gasteiger partial charge < -0.3 is 11.1 Å². The van der Waals surface area contributed by atoms with E-state index in [4.69, 9.17) is 5.73 Å². The molecule has 1 aromatic heterocycles. The second kappa shape index (κ2) is 5.00. The summed E-state index contributed by atoms with van der Waals surface area (Å²) in [6.07, 6.45) is 4.92. The Labute approximate surface area is 103 Å². The van der Waals surface area contributed by atoms with Gasteiger partial charge in [0, 0.05) is 6.54 Å². The fraction of sp³-hybridized carbons (Fsp3) is 0.692. The molecule has 17 heavy (non-hydrogen) atoms. The maximum absolute atomic E-state index is 6.00. The van der Waals surface area contributed by atoms with Gasteiger partial charge in [0.2, 0.25) is 0 Å². The summed E-state index contributed by atoms with van der Waals surface area (Å²) in [5, 5.41) is 11.8. The third kappa shape index (κ3) is 2.57. The van der Waals surface area contributed by atoms with Crippen LogP contribution in [0, 0.1) is 12.8 Å². The molecular weight excluding hydrogens is 212 g/mol. The maximum atomic E-state index is 6.00. The Morgan fingerprint density at radius 2 is 2.24 bits per heavy atom. The van der Waals surface area contributed by atoms with E-state index in [0.29, 0.717) is 12.5 Å². The van der Waals surface area contributed by atoms with Crippen LogP contribution in [-0.2, 0) is 0 Å². The highest BCUT2D eigenvalue weighted by atomic mass is 15.2. The average Bonchev–Trinajstić information content (AvgIpc) is 2.35. The zero-order chi connectivity index (χ0) is 12.3. The quantitative estimate of drug-likeness (QED) is 0.840. The highest BCUT2D eigenvalue weighted by Crippen LogP contribution is 2.35. The van der Waals surface area contributed by atoms with E-state index in [2.05, 4.69) is 22.4 Å². The number of aromatic nitrogens is 2. The van der Waals surface area contributed by atoms with Gasteiger partial charge in [-0.3, -0.25) is 0 Å². The Bertz CT molecular complexity index is 362. The molecule has 1 aromatic rings. The summed E-state index contributed by atoms with van der Waals surface area (Å²) in [4.78, 5) is 0. The van der Waals surface area contributed by atoms with Crippen LogP contribution in [0.25, 0.3) is 0 Å². The Hall–Kier alpha value is -1.16. The van der Waals surface area contributed by atoms with Crippen LogP contribution in [0.4, 0.5) is 5.82 Å². The van der Waals surface area contributed by atoms with Crippen molar-refractivity contribution in [3.63, 3.8) is 0 Å². The molecule has 4 heteroatoms. The molecule has 0 saturated heterocycles. The second-order valence-electron chi connectivity index (χ2n) is 5.19. The summed E-state index contributed by atoms with van der Waals surface area (Å²) in [6, 6.07) is 3.97. The Morgan fingerprint density at radius 1 is 1.41 bits per heavy atom. The lowest BCUT2D eigenvalue weighted by atomic mass is 9.73. The summed E-state index contributed by atoms with van der Waals surface area (Å²) in [5.74, 6) is 1.43. The van der Waals surface area contributed by atoms with Crippen LogP contribution in [0.1, 0.15) is 38.3 Å². The van der Waals surface area contributed by atoms with Gasteiger partial charge in [-0.1, -0.05) is 19.8 Å². The van der Waals surface area contributed by atoms with Crippen LogP contribution < -0.4 is 11.1 Å². The predicted molar refractivity (Wildman–Crippen MR) is 69.8 cm³/mol. The smallest absolute Gasteiger partial charge is 0.149 e. The molecule has 2 unspecified atom stereocenters. The number of nitrogens with two attached hydrogens (primary N) is 1. The van der Waals surface area contributed by atoms with E-state index >= 15 is 0 Å². The number of hydrogen-bond acceptors (Lipinski definition) is 4. The molecule has 2 rings (SSSR count). The van der Waals surface area contributed by atoms with Crippen LogP contribution in [0.5, 0.6) is 0 Å². The standard InChI is InChI=1S/C13H22N4/c1-10-5-3-4-8-13(10,9-14)15-12-7-6-11(2)16-17-12/h6-7,10H,3-5,8-9,14H2,1-2H3,(H,15,17).